The van der Waals surface area contributed by atoms with E-state index in [2.05, 4.69) is 10.5 Å². The Morgan fingerprint density at radius 3 is 2.85 bits per heavy atom. The van der Waals surface area contributed by atoms with Gasteiger partial charge in [-0.2, -0.15) is 5.26 Å². The minimum atomic E-state index is -0.453. The standard InChI is InChI=1S/C14H10ClN3O2/c1-9-6-13(18-20-9)17-8-10(7-16)14(19)11-4-2-3-5-12(11)15/h2-6,8H,1H3,(H,17,18)/b10-8+. The number of hydrogen-bond acceptors (Lipinski definition) is 5. The Balaban J connectivity index is 2.22. The maximum atomic E-state index is 12.2. The van der Waals surface area contributed by atoms with Crippen LogP contribution in [0.5, 0.6) is 0 Å². The molecule has 0 saturated carbocycles. The summed E-state index contributed by atoms with van der Waals surface area (Å²) in [6.07, 6.45) is 1.28. The van der Waals surface area contributed by atoms with Crippen molar-refractivity contribution in [1.82, 2.24) is 5.16 Å². The summed E-state index contributed by atoms with van der Waals surface area (Å²) in [5.41, 5.74) is 0.207. The van der Waals surface area contributed by atoms with Crippen molar-refractivity contribution in [3.8, 4) is 6.07 Å². The SMILES string of the molecule is Cc1cc(N/C=C(\C#N)C(=O)c2ccccc2Cl)no1. The van der Waals surface area contributed by atoms with Crippen LogP contribution in [0.15, 0.2) is 46.6 Å². The quantitative estimate of drug-likeness (QED) is 0.530. The molecule has 0 saturated heterocycles. The average molecular weight is 288 g/mol. The van der Waals surface area contributed by atoms with E-state index in [1.165, 1.54) is 6.20 Å². The number of anilines is 1. The van der Waals surface area contributed by atoms with Gasteiger partial charge in [-0.3, -0.25) is 4.79 Å². The number of nitriles is 1. The molecular formula is C14H10ClN3O2. The molecular weight excluding hydrogens is 278 g/mol. The summed E-state index contributed by atoms with van der Waals surface area (Å²) in [4.78, 5) is 12.2. The third-order valence-corrected chi connectivity index (χ3v) is 2.81. The number of ketones is 1. The number of aromatic nitrogens is 1. The lowest BCUT2D eigenvalue weighted by Gasteiger charge is -2.02. The number of benzene rings is 1. The van der Waals surface area contributed by atoms with Crippen molar-refractivity contribution >= 4 is 23.2 Å². The highest BCUT2D eigenvalue weighted by atomic mass is 35.5. The van der Waals surface area contributed by atoms with Gasteiger partial charge in [0, 0.05) is 17.8 Å². The van der Waals surface area contributed by atoms with E-state index in [-0.39, 0.29) is 11.1 Å². The molecule has 1 aromatic carbocycles. The lowest BCUT2D eigenvalue weighted by Crippen LogP contribution is -2.05. The van der Waals surface area contributed by atoms with E-state index in [9.17, 15) is 4.79 Å². The molecule has 1 N–H and O–H groups in total. The molecule has 0 aliphatic carbocycles. The van der Waals surface area contributed by atoms with E-state index >= 15 is 0 Å². The molecule has 2 rings (SSSR count). The molecule has 6 heteroatoms. The number of carbonyl (C=O) groups is 1. The minimum Gasteiger partial charge on any atom is -0.360 e. The number of nitrogens with zero attached hydrogens (tertiary/aromatic N) is 2. The zero-order valence-corrected chi connectivity index (χ0v) is 11.3. The normalized spacial score (nSPS) is 10.9. The molecule has 0 fully saturated rings. The predicted molar refractivity (Wildman–Crippen MR) is 74.3 cm³/mol. The number of aryl methyl sites for hydroxylation is 1. The van der Waals surface area contributed by atoms with Gasteiger partial charge in [0.05, 0.1) is 5.02 Å². The summed E-state index contributed by atoms with van der Waals surface area (Å²) in [5.74, 6) is 0.588. The van der Waals surface area contributed by atoms with Crippen LogP contribution in [0.25, 0.3) is 0 Å². The number of rotatable bonds is 4. The highest BCUT2D eigenvalue weighted by Crippen LogP contribution is 2.18. The van der Waals surface area contributed by atoms with Gasteiger partial charge in [0.1, 0.15) is 17.4 Å². The predicted octanol–water partition coefficient (Wildman–Crippen LogP) is 3.34. The molecule has 0 amide bonds. The van der Waals surface area contributed by atoms with Crippen LogP contribution in [-0.4, -0.2) is 10.9 Å². The largest absolute Gasteiger partial charge is 0.360 e. The third-order valence-electron chi connectivity index (χ3n) is 2.48. The van der Waals surface area contributed by atoms with Gasteiger partial charge in [-0.1, -0.05) is 28.9 Å². The first-order valence-electron chi connectivity index (χ1n) is 5.71. The van der Waals surface area contributed by atoms with Gasteiger partial charge in [0.15, 0.2) is 5.82 Å². The molecule has 5 nitrogen and oxygen atoms in total. The van der Waals surface area contributed by atoms with E-state index in [1.54, 1.807) is 37.3 Å². The van der Waals surface area contributed by atoms with Gasteiger partial charge in [0.25, 0.3) is 0 Å². The molecule has 1 aromatic heterocycles. The molecule has 2 aromatic rings. The zero-order valence-electron chi connectivity index (χ0n) is 10.6. The maximum Gasteiger partial charge on any atom is 0.206 e. The van der Waals surface area contributed by atoms with Gasteiger partial charge in [-0.15, -0.1) is 0 Å². The Hall–Kier alpha value is -2.58. The van der Waals surface area contributed by atoms with Gasteiger partial charge in [-0.25, -0.2) is 0 Å². The monoisotopic (exact) mass is 287 g/mol. The lowest BCUT2D eigenvalue weighted by atomic mass is 10.1. The Morgan fingerprint density at radius 2 is 2.25 bits per heavy atom. The van der Waals surface area contributed by atoms with E-state index in [1.807, 2.05) is 6.07 Å². The van der Waals surface area contributed by atoms with Crippen LogP contribution in [0.3, 0.4) is 0 Å². The molecule has 0 atom stereocenters. The molecule has 0 aliphatic rings. The minimum absolute atomic E-state index is 0.0706. The maximum absolute atomic E-state index is 12.2. The lowest BCUT2D eigenvalue weighted by molar-refractivity contribution is 0.103. The van der Waals surface area contributed by atoms with E-state index in [4.69, 9.17) is 21.4 Å². The van der Waals surface area contributed by atoms with E-state index in [0.29, 0.717) is 16.6 Å². The van der Waals surface area contributed by atoms with Crippen LogP contribution < -0.4 is 5.32 Å². The number of nitrogens with one attached hydrogen (secondary N) is 1. The molecule has 0 bridgehead atoms. The van der Waals surface area contributed by atoms with Gasteiger partial charge in [-0.05, 0) is 19.1 Å². The number of hydrogen-bond donors (Lipinski definition) is 1. The zero-order chi connectivity index (χ0) is 14.5. The number of carbonyl (C=O) groups excluding carboxylic acids is 1. The fourth-order valence-electron chi connectivity index (χ4n) is 1.52. The van der Waals surface area contributed by atoms with Crippen molar-refractivity contribution in [3.05, 3.63) is 58.5 Å². The van der Waals surface area contributed by atoms with Crippen molar-refractivity contribution in [3.63, 3.8) is 0 Å². The van der Waals surface area contributed by atoms with Crippen molar-refractivity contribution in [2.24, 2.45) is 0 Å². The summed E-state index contributed by atoms with van der Waals surface area (Å²) in [5, 5.41) is 15.8. The molecule has 0 spiro atoms. The fourth-order valence-corrected chi connectivity index (χ4v) is 1.74. The Bertz CT molecular complexity index is 713. The van der Waals surface area contributed by atoms with Crippen LogP contribution >= 0.6 is 11.6 Å². The second-order valence-corrected chi connectivity index (χ2v) is 4.35. The summed E-state index contributed by atoms with van der Waals surface area (Å²) >= 11 is 5.94. The third kappa shape index (κ3) is 3.05. The van der Waals surface area contributed by atoms with Crippen molar-refractivity contribution in [1.29, 1.82) is 5.26 Å². The van der Waals surface area contributed by atoms with E-state index < -0.39 is 5.78 Å². The average Bonchev–Trinajstić information content (AvgIpc) is 2.85. The highest BCUT2D eigenvalue weighted by Gasteiger charge is 2.15. The molecule has 0 radical (unpaired) electrons. The summed E-state index contributed by atoms with van der Waals surface area (Å²) in [6, 6.07) is 10.0. The van der Waals surface area contributed by atoms with Gasteiger partial charge >= 0.3 is 0 Å². The molecule has 1 heterocycles. The van der Waals surface area contributed by atoms with Crippen molar-refractivity contribution in [2.45, 2.75) is 6.92 Å². The first-order valence-corrected chi connectivity index (χ1v) is 6.09. The topological polar surface area (TPSA) is 78.9 Å². The smallest absolute Gasteiger partial charge is 0.206 e. The highest BCUT2D eigenvalue weighted by molar-refractivity contribution is 6.35. The molecule has 20 heavy (non-hydrogen) atoms. The fraction of sp³-hybridized carbons (Fsp3) is 0.0714. The van der Waals surface area contributed by atoms with Crippen LogP contribution in [0, 0.1) is 18.3 Å². The van der Waals surface area contributed by atoms with Crippen molar-refractivity contribution in [2.75, 3.05) is 5.32 Å². The summed E-state index contributed by atoms with van der Waals surface area (Å²) in [7, 11) is 0. The second kappa shape index (κ2) is 6.04. The number of halogens is 1. The summed E-state index contributed by atoms with van der Waals surface area (Å²) < 4.78 is 4.86. The van der Waals surface area contributed by atoms with E-state index in [0.717, 1.165) is 0 Å². The van der Waals surface area contributed by atoms with Crippen LogP contribution in [-0.2, 0) is 0 Å². The van der Waals surface area contributed by atoms with Gasteiger partial charge in [0.2, 0.25) is 5.78 Å². The number of allylic oxidation sites excluding steroid dienone is 1. The summed E-state index contributed by atoms with van der Waals surface area (Å²) in [6.45, 7) is 1.74. The Kier molecular flexibility index (Phi) is 4.18. The molecule has 0 unspecified atom stereocenters. The van der Waals surface area contributed by atoms with Crippen LogP contribution in [0.1, 0.15) is 16.1 Å². The second-order valence-electron chi connectivity index (χ2n) is 3.95. The van der Waals surface area contributed by atoms with Crippen LogP contribution in [0.4, 0.5) is 5.82 Å². The van der Waals surface area contributed by atoms with Gasteiger partial charge < -0.3 is 9.84 Å². The molecule has 100 valence electrons. The Morgan fingerprint density at radius 1 is 1.50 bits per heavy atom. The first kappa shape index (κ1) is 13.8. The molecule has 0 aliphatic heterocycles. The Labute approximate surface area is 120 Å². The van der Waals surface area contributed by atoms with Crippen molar-refractivity contribution < 1.29 is 9.32 Å². The first-order chi connectivity index (χ1) is 9.61. The van der Waals surface area contributed by atoms with Crippen LogP contribution in [0.2, 0.25) is 5.02 Å². The number of Topliss-reactive ketones (excluding diaryl/α,β-unsaturated/α-hetero) is 1.